The van der Waals surface area contributed by atoms with Crippen LogP contribution in [0.4, 0.5) is 0 Å². The third kappa shape index (κ3) is 4.55. The largest absolute Gasteiger partial charge is 0.504 e. The Kier molecular flexibility index (Phi) is 7.29. The summed E-state index contributed by atoms with van der Waals surface area (Å²) in [6.07, 6.45) is 9.85. The first-order valence-corrected chi connectivity index (χ1v) is 16.6. The highest BCUT2D eigenvalue weighted by molar-refractivity contribution is 5.77. The van der Waals surface area contributed by atoms with Gasteiger partial charge in [0, 0.05) is 31.1 Å². The quantitative estimate of drug-likeness (QED) is 0.343. The fourth-order valence-corrected chi connectivity index (χ4v) is 9.16. The van der Waals surface area contributed by atoms with Crippen LogP contribution in [0, 0.1) is 11.8 Å². The molecule has 3 aliphatic carbocycles. The third-order valence-electron chi connectivity index (χ3n) is 11.2. The van der Waals surface area contributed by atoms with Crippen LogP contribution in [0.3, 0.4) is 0 Å². The summed E-state index contributed by atoms with van der Waals surface area (Å²) < 4.78 is 6.80. The molecule has 2 heterocycles. The normalized spacial score (nSPS) is 31.1. The first-order valence-electron chi connectivity index (χ1n) is 16.6. The molecule has 0 radical (unpaired) electrons. The highest BCUT2D eigenvalue weighted by Crippen LogP contribution is 2.66. The predicted octanol–water partition coefficient (Wildman–Crippen LogP) is 5.61. The van der Waals surface area contributed by atoms with Crippen molar-refractivity contribution in [3.8, 4) is 11.5 Å². The molecule has 5 aliphatic rings. The van der Waals surface area contributed by atoms with Gasteiger partial charge in [0.2, 0.25) is 5.91 Å². The molecule has 1 saturated heterocycles. The lowest BCUT2D eigenvalue weighted by Gasteiger charge is -2.65. The first kappa shape index (κ1) is 28.2. The number of benzene rings is 2. The van der Waals surface area contributed by atoms with Gasteiger partial charge in [0.25, 0.3) is 0 Å². The standard InChI is InChI=1S/C36H48N2O4/c1-24(2)22-38(31(40)12-8-4-7-11-25-9-5-3-6-10-25)28-17-18-36(41)30-21-27-15-16-29(39)33-32(27)35(36,34(28)42-33)19-20-37(30)23-26-13-14-26/h3,5-6,9-10,15-16,24,26,28,30,34,39,41H,4,7-8,11-14,17-23H2,1-2H3/t28?,30-,34?,35+,36?/m1/s1. The zero-order chi connectivity index (χ0) is 29.1. The Bertz CT molecular complexity index is 1310. The smallest absolute Gasteiger partial charge is 0.222 e. The van der Waals surface area contributed by atoms with Gasteiger partial charge < -0.3 is 19.8 Å². The number of carbonyl (C=O) groups excluding carboxylic acids is 1. The molecule has 42 heavy (non-hydrogen) atoms. The molecule has 3 unspecified atom stereocenters. The van der Waals surface area contributed by atoms with Crippen molar-refractivity contribution in [3.05, 3.63) is 59.2 Å². The van der Waals surface area contributed by atoms with E-state index in [1.54, 1.807) is 6.07 Å². The lowest BCUT2D eigenvalue weighted by Crippen LogP contribution is -2.78. The van der Waals surface area contributed by atoms with E-state index >= 15 is 0 Å². The maximum absolute atomic E-state index is 14.0. The van der Waals surface area contributed by atoms with E-state index in [0.717, 1.165) is 69.5 Å². The number of aryl methyl sites for hydroxylation is 1. The summed E-state index contributed by atoms with van der Waals surface area (Å²) in [5.41, 5.74) is 2.10. The second-order valence-corrected chi connectivity index (χ2v) is 14.4. The van der Waals surface area contributed by atoms with E-state index in [1.165, 1.54) is 24.0 Å². The van der Waals surface area contributed by atoms with E-state index in [-0.39, 0.29) is 29.8 Å². The van der Waals surface area contributed by atoms with Gasteiger partial charge in [-0.2, -0.15) is 0 Å². The monoisotopic (exact) mass is 572 g/mol. The maximum Gasteiger partial charge on any atom is 0.222 e. The Balaban J connectivity index is 1.14. The molecule has 3 fully saturated rings. The number of nitrogens with zero attached hydrogens (tertiary/aromatic N) is 2. The number of carbonyl (C=O) groups is 1. The van der Waals surface area contributed by atoms with Crippen LogP contribution in [0.25, 0.3) is 0 Å². The number of hydrogen-bond donors (Lipinski definition) is 2. The number of aliphatic hydroxyl groups is 1. The van der Waals surface area contributed by atoms with Gasteiger partial charge in [0.05, 0.1) is 17.1 Å². The number of aromatic hydroxyl groups is 1. The number of unbranched alkanes of at least 4 members (excludes halogenated alkanes) is 2. The average Bonchev–Trinajstić information content (AvgIpc) is 3.72. The molecule has 6 heteroatoms. The topological polar surface area (TPSA) is 73.2 Å². The van der Waals surface area contributed by atoms with Crippen LogP contribution in [0.2, 0.25) is 0 Å². The first-order chi connectivity index (χ1) is 20.3. The van der Waals surface area contributed by atoms with E-state index in [1.807, 2.05) is 0 Å². The Labute approximate surface area is 251 Å². The van der Waals surface area contributed by atoms with Gasteiger partial charge in [-0.25, -0.2) is 0 Å². The SMILES string of the molecule is CC(C)CN(C(=O)CCCCCc1ccccc1)C1CCC2(O)[C@H]3Cc4ccc(O)c5c4[C@@]2(CCN3CC2CC2)C1O5. The molecule has 226 valence electrons. The van der Waals surface area contributed by atoms with E-state index in [9.17, 15) is 15.0 Å². The summed E-state index contributed by atoms with van der Waals surface area (Å²) in [4.78, 5) is 18.7. The molecular formula is C36H48N2O4. The van der Waals surface area contributed by atoms with Crippen LogP contribution in [0.5, 0.6) is 11.5 Å². The zero-order valence-corrected chi connectivity index (χ0v) is 25.4. The fraction of sp³-hybridized carbons (Fsp3) is 0.639. The Morgan fingerprint density at radius 3 is 2.64 bits per heavy atom. The van der Waals surface area contributed by atoms with Gasteiger partial charge in [-0.15, -0.1) is 0 Å². The van der Waals surface area contributed by atoms with Gasteiger partial charge in [-0.3, -0.25) is 9.69 Å². The van der Waals surface area contributed by atoms with Gasteiger partial charge in [0.15, 0.2) is 11.5 Å². The van der Waals surface area contributed by atoms with Crippen molar-refractivity contribution < 1.29 is 19.7 Å². The highest BCUT2D eigenvalue weighted by atomic mass is 16.5. The van der Waals surface area contributed by atoms with E-state index < -0.39 is 11.0 Å². The van der Waals surface area contributed by atoms with Crippen LogP contribution in [-0.2, 0) is 23.1 Å². The van der Waals surface area contributed by atoms with Crippen LogP contribution < -0.4 is 4.74 Å². The minimum atomic E-state index is -0.919. The van der Waals surface area contributed by atoms with Crippen molar-refractivity contribution in [1.29, 1.82) is 0 Å². The van der Waals surface area contributed by atoms with E-state index in [2.05, 4.69) is 60.0 Å². The number of rotatable bonds is 11. The number of likely N-dealkylation sites (tertiary alicyclic amines) is 1. The third-order valence-corrected chi connectivity index (χ3v) is 11.2. The predicted molar refractivity (Wildman–Crippen MR) is 164 cm³/mol. The molecular weight excluding hydrogens is 524 g/mol. The highest BCUT2D eigenvalue weighted by Gasteiger charge is 2.73. The number of phenols is 1. The van der Waals surface area contributed by atoms with Crippen LogP contribution in [0.15, 0.2) is 42.5 Å². The summed E-state index contributed by atoms with van der Waals surface area (Å²) in [5, 5.41) is 23.8. The molecule has 2 aliphatic heterocycles. The molecule has 5 atom stereocenters. The molecule has 7 rings (SSSR count). The zero-order valence-electron chi connectivity index (χ0n) is 25.4. The molecule has 1 amide bonds. The van der Waals surface area contributed by atoms with Crippen molar-refractivity contribution in [2.24, 2.45) is 11.8 Å². The molecule has 1 spiro atoms. The molecule has 2 bridgehead atoms. The van der Waals surface area contributed by atoms with Crippen molar-refractivity contribution in [2.45, 2.75) is 114 Å². The summed E-state index contributed by atoms with van der Waals surface area (Å²) in [6.45, 7) is 7.05. The van der Waals surface area contributed by atoms with Crippen molar-refractivity contribution in [1.82, 2.24) is 9.80 Å². The summed E-state index contributed by atoms with van der Waals surface area (Å²) in [6, 6.07) is 14.4. The Morgan fingerprint density at radius 1 is 1.07 bits per heavy atom. The summed E-state index contributed by atoms with van der Waals surface area (Å²) in [5.74, 6) is 2.03. The molecule has 2 aromatic carbocycles. The lowest BCUT2D eigenvalue weighted by atomic mass is 9.48. The maximum atomic E-state index is 14.0. The van der Waals surface area contributed by atoms with E-state index in [0.29, 0.717) is 31.1 Å². The number of hydrogen-bond acceptors (Lipinski definition) is 5. The number of amides is 1. The minimum absolute atomic E-state index is 0.0563. The number of ether oxygens (including phenoxy) is 1. The van der Waals surface area contributed by atoms with Gasteiger partial charge in [0.1, 0.15) is 6.10 Å². The molecule has 2 N–H and O–H groups in total. The van der Waals surface area contributed by atoms with Gasteiger partial charge in [-0.1, -0.05) is 56.7 Å². The number of piperidine rings is 1. The molecule has 2 saturated carbocycles. The van der Waals surface area contributed by atoms with Crippen molar-refractivity contribution >= 4 is 5.91 Å². The second-order valence-electron chi connectivity index (χ2n) is 14.4. The van der Waals surface area contributed by atoms with Gasteiger partial charge >= 0.3 is 0 Å². The Hall–Kier alpha value is -2.57. The van der Waals surface area contributed by atoms with Crippen LogP contribution in [0.1, 0.15) is 88.3 Å². The van der Waals surface area contributed by atoms with Crippen molar-refractivity contribution in [3.63, 3.8) is 0 Å². The summed E-state index contributed by atoms with van der Waals surface area (Å²) in [7, 11) is 0. The number of phenolic OH excluding ortho intramolecular Hbond substituents is 1. The summed E-state index contributed by atoms with van der Waals surface area (Å²) >= 11 is 0. The molecule has 2 aromatic rings. The average molecular weight is 573 g/mol. The van der Waals surface area contributed by atoms with Crippen LogP contribution in [-0.4, -0.2) is 69.3 Å². The Morgan fingerprint density at radius 2 is 1.88 bits per heavy atom. The van der Waals surface area contributed by atoms with Crippen LogP contribution >= 0.6 is 0 Å². The van der Waals surface area contributed by atoms with Gasteiger partial charge in [-0.05, 0) is 93.4 Å². The molecule has 6 nitrogen and oxygen atoms in total. The second kappa shape index (κ2) is 10.9. The van der Waals surface area contributed by atoms with Crippen molar-refractivity contribution in [2.75, 3.05) is 19.6 Å². The fourth-order valence-electron chi connectivity index (χ4n) is 9.16. The lowest BCUT2D eigenvalue weighted by molar-refractivity contribution is -0.202. The minimum Gasteiger partial charge on any atom is -0.504 e. The van der Waals surface area contributed by atoms with E-state index in [4.69, 9.17) is 4.74 Å². The molecule has 0 aromatic heterocycles.